The monoisotopic (exact) mass is 460 g/mol. The quantitative estimate of drug-likeness (QED) is 0.203. The van der Waals surface area contributed by atoms with E-state index >= 15 is 0 Å². The van der Waals surface area contributed by atoms with E-state index in [1.807, 2.05) is 0 Å². The van der Waals surface area contributed by atoms with Crippen molar-refractivity contribution in [2.24, 2.45) is 0 Å². The summed E-state index contributed by atoms with van der Waals surface area (Å²) in [5.74, 6) is 0.639. The predicted molar refractivity (Wildman–Crippen MR) is 76.9 cm³/mol. The van der Waals surface area contributed by atoms with Crippen molar-refractivity contribution in [1.29, 1.82) is 0 Å². The zero-order valence-corrected chi connectivity index (χ0v) is 16.7. The molecule has 0 aromatic rings. The Balaban J connectivity index is -0.000000143. The van der Waals surface area contributed by atoms with E-state index < -0.39 is 4.27 Å². The molecule has 0 aliphatic carbocycles. The molecule has 0 bridgehead atoms. The summed E-state index contributed by atoms with van der Waals surface area (Å²) in [7, 11) is 0. The number of aliphatic hydroxyl groups is 2. The molecule has 0 aromatic carbocycles. The van der Waals surface area contributed by atoms with E-state index in [1.165, 1.54) is 0 Å². The van der Waals surface area contributed by atoms with E-state index in [0.29, 0.717) is 12.2 Å². The summed E-state index contributed by atoms with van der Waals surface area (Å²) in [4.78, 5) is 0. The molecular formula is C6H19BiO2S4. The van der Waals surface area contributed by atoms with E-state index in [2.05, 4.69) is 50.5 Å². The van der Waals surface area contributed by atoms with Gasteiger partial charge in [-0.3, -0.25) is 0 Å². The van der Waals surface area contributed by atoms with Crippen LogP contribution in [0.2, 0.25) is 0 Å². The fourth-order valence-corrected chi connectivity index (χ4v) is 0.173. The van der Waals surface area contributed by atoms with Gasteiger partial charge in [0.25, 0.3) is 0 Å². The van der Waals surface area contributed by atoms with Crippen LogP contribution >= 0.6 is 50.5 Å². The predicted octanol–water partition coefficient (Wildman–Crippen LogP) is -0.0749. The molecule has 0 amide bonds. The number of rotatable bonds is 3. The van der Waals surface area contributed by atoms with E-state index in [1.54, 1.807) is 6.92 Å². The fraction of sp³-hybridized carbons (Fsp3) is 1.00. The third-order valence-electron chi connectivity index (χ3n) is 0.896. The van der Waals surface area contributed by atoms with Gasteiger partial charge in [0.1, 0.15) is 0 Å². The van der Waals surface area contributed by atoms with Crippen molar-refractivity contribution in [2.45, 2.75) is 22.9 Å². The Kier molecular flexibility index (Phi) is 19.4. The molecule has 0 aliphatic heterocycles. The first-order valence-corrected chi connectivity index (χ1v) is 5.48. The van der Waals surface area contributed by atoms with Gasteiger partial charge in [-0.05, 0) is 6.42 Å². The van der Waals surface area contributed by atoms with Gasteiger partial charge in [-0.2, -0.15) is 25.3 Å². The number of thiol groups is 4. The van der Waals surface area contributed by atoms with Crippen LogP contribution in [-0.2, 0) is 0 Å². The Bertz CT molecular complexity index is 95.1. The van der Waals surface area contributed by atoms with Crippen molar-refractivity contribution in [3.8, 4) is 0 Å². The summed E-state index contributed by atoms with van der Waals surface area (Å²) in [6.07, 6.45) is 0.555. The van der Waals surface area contributed by atoms with Gasteiger partial charge in [-0.25, -0.2) is 0 Å². The van der Waals surface area contributed by atoms with Crippen LogP contribution in [0.15, 0.2) is 0 Å². The average molecular weight is 460 g/mol. The third kappa shape index (κ3) is 25.0. The van der Waals surface area contributed by atoms with Gasteiger partial charge in [-0.1, -0.05) is 6.92 Å². The molecule has 0 aromatic heterocycles. The molecule has 0 heterocycles. The van der Waals surface area contributed by atoms with Crippen molar-refractivity contribution >= 4 is 76.7 Å². The minimum atomic E-state index is -1.07. The first-order chi connectivity index (χ1) is 5.37. The normalized spacial score (nSPS) is 12.2. The van der Waals surface area contributed by atoms with Gasteiger partial charge in [0, 0.05) is 11.0 Å². The Morgan fingerprint density at radius 3 is 1.69 bits per heavy atom. The van der Waals surface area contributed by atoms with Crippen LogP contribution in [0.4, 0.5) is 0 Å². The van der Waals surface area contributed by atoms with Crippen LogP contribution < -0.4 is 0 Å². The summed E-state index contributed by atoms with van der Waals surface area (Å²) < 4.78 is -1.07. The van der Waals surface area contributed by atoms with Crippen molar-refractivity contribution < 1.29 is 10.2 Å². The molecular weight excluding hydrogens is 441 g/mol. The summed E-state index contributed by atoms with van der Waals surface area (Å²) in [6, 6.07) is 0. The fourth-order valence-electron chi connectivity index (χ4n) is 0.0577. The van der Waals surface area contributed by atoms with Gasteiger partial charge >= 0.3 is 26.2 Å². The molecule has 0 radical (unpaired) electrons. The average Bonchev–Trinajstić information content (AvgIpc) is 2.03. The first kappa shape index (κ1) is 20.6. The van der Waals surface area contributed by atoms with Crippen LogP contribution in [0.3, 0.4) is 0 Å². The second-order valence-electron chi connectivity index (χ2n) is 2.15. The molecule has 84 valence electrons. The summed E-state index contributed by atoms with van der Waals surface area (Å²) in [5, 5.41) is 16.8. The summed E-state index contributed by atoms with van der Waals surface area (Å²) in [6.45, 7) is 1.92. The van der Waals surface area contributed by atoms with Crippen LogP contribution in [0.25, 0.3) is 0 Å². The zero-order chi connectivity index (χ0) is 10.2. The number of hydrogen-bond donors (Lipinski definition) is 6. The maximum absolute atomic E-state index is 8.55. The number of aliphatic hydroxyl groups excluding tert-OH is 1. The van der Waals surface area contributed by atoms with Crippen molar-refractivity contribution in [1.82, 2.24) is 0 Å². The molecule has 2 N–H and O–H groups in total. The van der Waals surface area contributed by atoms with E-state index in [4.69, 9.17) is 10.2 Å². The Hall–Kier alpha value is 2.20. The van der Waals surface area contributed by atoms with E-state index in [-0.39, 0.29) is 38.1 Å². The standard InChI is InChI=1S/2C3H8OS2.Bi.3H/c4-1-3(6)2-5;1-2-3(4,5)6;;;;/h3-6H,1-2H2;4-6H,2H2,1H3;;;;. The van der Waals surface area contributed by atoms with Gasteiger partial charge < -0.3 is 10.2 Å². The maximum atomic E-state index is 8.55. The molecule has 0 saturated heterocycles. The van der Waals surface area contributed by atoms with Crippen molar-refractivity contribution in [3.05, 3.63) is 0 Å². The topological polar surface area (TPSA) is 40.5 Å². The van der Waals surface area contributed by atoms with E-state index in [0.717, 1.165) is 0 Å². The first-order valence-electron chi connectivity index (χ1n) is 3.44. The molecule has 1 unspecified atom stereocenters. The number of hydrogen-bond acceptors (Lipinski definition) is 6. The van der Waals surface area contributed by atoms with Crippen LogP contribution in [0, 0.1) is 0 Å². The summed E-state index contributed by atoms with van der Waals surface area (Å²) in [5.41, 5.74) is 0. The third-order valence-corrected chi connectivity index (χ3v) is 2.60. The minimum absolute atomic E-state index is 0. The zero-order valence-electron chi connectivity index (χ0n) is 7.59. The molecule has 13 heavy (non-hydrogen) atoms. The molecule has 0 fully saturated rings. The van der Waals surface area contributed by atoms with Crippen LogP contribution in [0.5, 0.6) is 0 Å². The van der Waals surface area contributed by atoms with Gasteiger partial charge in [0.15, 0.2) is 4.27 Å². The molecule has 0 saturated carbocycles. The molecule has 2 nitrogen and oxygen atoms in total. The SMILES string of the molecule is CCC(O)(S)S.OCC(S)CS.[BiH3]. The molecule has 7 heteroatoms. The van der Waals surface area contributed by atoms with Crippen LogP contribution in [0.1, 0.15) is 13.3 Å². The molecule has 0 spiro atoms. The van der Waals surface area contributed by atoms with Gasteiger partial charge in [-0.15, -0.1) is 25.3 Å². The molecule has 0 rings (SSSR count). The Labute approximate surface area is 121 Å². The Morgan fingerprint density at radius 2 is 1.69 bits per heavy atom. The summed E-state index contributed by atoms with van der Waals surface area (Å²) >= 11 is 15.1. The Morgan fingerprint density at radius 1 is 1.38 bits per heavy atom. The van der Waals surface area contributed by atoms with E-state index in [9.17, 15) is 0 Å². The van der Waals surface area contributed by atoms with Crippen LogP contribution in [-0.4, -0.2) is 58.3 Å². The van der Waals surface area contributed by atoms with Gasteiger partial charge in [0.05, 0.1) is 6.61 Å². The molecule has 1 atom stereocenters. The van der Waals surface area contributed by atoms with Crippen molar-refractivity contribution in [3.63, 3.8) is 0 Å². The van der Waals surface area contributed by atoms with Crippen molar-refractivity contribution in [2.75, 3.05) is 12.4 Å². The second-order valence-corrected chi connectivity index (χ2v) is 5.07. The van der Waals surface area contributed by atoms with Gasteiger partial charge in [0.2, 0.25) is 0 Å². The molecule has 0 aliphatic rings. The second kappa shape index (κ2) is 12.3.